The Hall–Kier alpha value is -2.95. The molecule has 2 aromatic rings. The molecule has 0 N–H and O–H groups in total. The number of likely N-dealkylation sites (N-methyl/N-ethyl adjacent to an activating group) is 2. The molecular weight excluding hydrogens is 340 g/mol. The number of rotatable bonds is 3. The van der Waals surface area contributed by atoms with E-state index in [1.54, 1.807) is 21.0 Å². The summed E-state index contributed by atoms with van der Waals surface area (Å²) >= 11 is 0. The predicted octanol–water partition coefficient (Wildman–Crippen LogP) is 2.81. The second kappa shape index (κ2) is 5.52. The van der Waals surface area contributed by atoms with Crippen LogP contribution >= 0.6 is 0 Å². The van der Waals surface area contributed by atoms with Crippen molar-refractivity contribution < 1.29 is 14.4 Å². The number of fused-ring (bicyclic) bond motifs is 2. The number of carbonyl (C=O) groups is 3. The number of anilines is 2. The zero-order valence-corrected chi connectivity index (χ0v) is 15.9. The summed E-state index contributed by atoms with van der Waals surface area (Å²) in [4.78, 5) is 43.7. The number of hydrogen-bond acceptors (Lipinski definition) is 3. The molecule has 2 aliphatic rings. The Bertz CT molecular complexity index is 999. The first-order valence-electron chi connectivity index (χ1n) is 9.12. The van der Waals surface area contributed by atoms with Gasteiger partial charge in [-0.1, -0.05) is 43.3 Å². The van der Waals surface area contributed by atoms with Crippen LogP contribution in [0.5, 0.6) is 0 Å². The van der Waals surface area contributed by atoms with Crippen molar-refractivity contribution in [3.05, 3.63) is 59.7 Å². The van der Waals surface area contributed by atoms with E-state index in [0.717, 1.165) is 11.4 Å². The smallest absolute Gasteiger partial charge is 0.245 e. The fourth-order valence-corrected chi connectivity index (χ4v) is 4.75. The molecule has 5 nitrogen and oxygen atoms in total. The predicted molar refractivity (Wildman–Crippen MR) is 104 cm³/mol. The van der Waals surface area contributed by atoms with Gasteiger partial charge in [0.2, 0.25) is 11.8 Å². The maximum Gasteiger partial charge on any atom is 0.245 e. The second-order valence-electron chi connectivity index (χ2n) is 7.48. The lowest BCUT2D eigenvalue weighted by Crippen LogP contribution is -2.55. The standard InChI is InChI=1S/C22H22N2O3/c1-5-22(15-11-7-9-13-17(15)24(4)20(22)27)18(25)21(2)14-10-6-8-12-16(14)23(3)19(21)26/h6-13H,5H2,1-4H3/t21-,22+/m0/s1. The molecule has 0 radical (unpaired) electrons. The highest BCUT2D eigenvalue weighted by Gasteiger charge is 2.63. The van der Waals surface area contributed by atoms with E-state index in [-0.39, 0.29) is 17.6 Å². The van der Waals surface area contributed by atoms with E-state index in [1.807, 2.05) is 55.5 Å². The molecule has 27 heavy (non-hydrogen) atoms. The average molecular weight is 362 g/mol. The first-order chi connectivity index (χ1) is 12.8. The van der Waals surface area contributed by atoms with Crippen LogP contribution in [0.3, 0.4) is 0 Å². The van der Waals surface area contributed by atoms with Crippen LogP contribution in [0.4, 0.5) is 11.4 Å². The molecule has 2 aromatic carbocycles. The van der Waals surface area contributed by atoms with E-state index in [4.69, 9.17) is 0 Å². The summed E-state index contributed by atoms with van der Waals surface area (Å²) in [6, 6.07) is 14.7. The summed E-state index contributed by atoms with van der Waals surface area (Å²) in [5.74, 6) is -0.903. The van der Waals surface area contributed by atoms with Crippen LogP contribution in [0.2, 0.25) is 0 Å². The van der Waals surface area contributed by atoms with Gasteiger partial charge in [-0.05, 0) is 36.6 Å². The van der Waals surface area contributed by atoms with Crippen molar-refractivity contribution in [1.29, 1.82) is 0 Å². The van der Waals surface area contributed by atoms with E-state index in [1.165, 1.54) is 9.80 Å². The van der Waals surface area contributed by atoms with Gasteiger partial charge >= 0.3 is 0 Å². The van der Waals surface area contributed by atoms with Crippen molar-refractivity contribution in [2.24, 2.45) is 0 Å². The average Bonchev–Trinajstić information content (AvgIpc) is 3.04. The molecule has 0 fully saturated rings. The number of para-hydroxylation sites is 2. The molecule has 4 rings (SSSR count). The number of Topliss-reactive ketones (excluding diaryl/α,β-unsaturated/α-hetero) is 1. The monoisotopic (exact) mass is 362 g/mol. The highest BCUT2D eigenvalue weighted by atomic mass is 16.2. The molecule has 0 aromatic heterocycles. The highest BCUT2D eigenvalue weighted by Crippen LogP contribution is 2.51. The van der Waals surface area contributed by atoms with Gasteiger partial charge in [0.25, 0.3) is 0 Å². The van der Waals surface area contributed by atoms with Crippen molar-refractivity contribution in [3.8, 4) is 0 Å². The normalized spacial score (nSPS) is 26.4. The minimum atomic E-state index is -1.39. The molecule has 2 aliphatic heterocycles. The summed E-state index contributed by atoms with van der Waals surface area (Å²) in [5.41, 5.74) is 0.0508. The lowest BCUT2D eigenvalue weighted by molar-refractivity contribution is -0.141. The Balaban J connectivity index is 1.97. The SMILES string of the molecule is CC[C@@]1(C(=O)[C@@]2(C)C(=O)N(C)c3ccccc32)C(=O)N(C)c2ccccc21. The van der Waals surface area contributed by atoms with Crippen molar-refractivity contribution in [2.45, 2.75) is 31.1 Å². The Morgan fingerprint density at radius 1 is 0.852 bits per heavy atom. The lowest BCUT2D eigenvalue weighted by Gasteiger charge is -2.33. The zero-order chi connectivity index (χ0) is 19.6. The zero-order valence-electron chi connectivity index (χ0n) is 15.9. The first kappa shape index (κ1) is 17.5. The number of nitrogens with zero attached hydrogens (tertiary/aromatic N) is 2. The minimum absolute atomic E-state index is 0.266. The molecule has 0 bridgehead atoms. The van der Waals surface area contributed by atoms with Gasteiger partial charge in [0.1, 0.15) is 10.8 Å². The number of amides is 2. The van der Waals surface area contributed by atoms with Gasteiger partial charge < -0.3 is 9.80 Å². The van der Waals surface area contributed by atoms with Crippen molar-refractivity contribution in [3.63, 3.8) is 0 Å². The Labute approximate surface area is 158 Å². The van der Waals surface area contributed by atoms with E-state index < -0.39 is 10.8 Å². The van der Waals surface area contributed by atoms with Crippen LogP contribution in [0.1, 0.15) is 31.4 Å². The number of ketones is 1. The van der Waals surface area contributed by atoms with E-state index in [9.17, 15) is 14.4 Å². The summed E-state index contributed by atoms with van der Waals surface area (Å²) in [5, 5.41) is 0. The van der Waals surface area contributed by atoms with Crippen molar-refractivity contribution in [1.82, 2.24) is 0 Å². The summed E-state index contributed by atoms with van der Waals surface area (Å²) in [6.07, 6.45) is 0.306. The fourth-order valence-electron chi connectivity index (χ4n) is 4.75. The van der Waals surface area contributed by atoms with Crippen LogP contribution in [-0.2, 0) is 25.2 Å². The number of benzene rings is 2. The van der Waals surface area contributed by atoms with Crippen LogP contribution in [0, 0.1) is 0 Å². The molecule has 0 aliphatic carbocycles. The van der Waals surface area contributed by atoms with Crippen molar-refractivity contribution in [2.75, 3.05) is 23.9 Å². The minimum Gasteiger partial charge on any atom is -0.314 e. The Kier molecular flexibility index (Phi) is 3.57. The van der Waals surface area contributed by atoms with Gasteiger partial charge in [0.05, 0.1) is 0 Å². The molecule has 2 amide bonds. The molecule has 0 unspecified atom stereocenters. The maximum absolute atomic E-state index is 14.1. The fraction of sp³-hybridized carbons (Fsp3) is 0.318. The molecule has 5 heteroatoms. The van der Waals surface area contributed by atoms with Crippen LogP contribution in [0.25, 0.3) is 0 Å². The summed E-state index contributed by atoms with van der Waals surface area (Å²) in [7, 11) is 3.36. The largest absolute Gasteiger partial charge is 0.314 e. The molecule has 2 heterocycles. The number of carbonyl (C=O) groups excluding carboxylic acids is 3. The van der Waals surface area contributed by atoms with Crippen molar-refractivity contribution >= 4 is 29.0 Å². The van der Waals surface area contributed by atoms with Gasteiger partial charge in [-0.3, -0.25) is 14.4 Å². The molecular formula is C22H22N2O3. The van der Waals surface area contributed by atoms with E-state index >= 15 is 0 Å². The van der Waals surface area contributed by atoms with E-state index in [2.05, 4.69) is 0 Å². The van der Waals surface area contributed by atoms with Gasteiger partial charge in [-0.15, -0.1) is 0 Å². The third kappa shape index (κ3) is 1.86. The van der Waals surface area contributed by atoms with E-state index in [0.29, 0.717) is 17.5 Å². The number of hydrogen-bond donors (Lipinski definition) is 0. The van der Waals surface area contributed by atoms with Gasteiger partial charge in [0, 0.05) is 25.5 Å². The summed E-state index contributed by atoms with van der Waals surface area (Å²) in [6.45, 7) is 3.50. The Morgan fingerprint density at radius 2 is 1.33 bits per heavy atom. The third-order valence-corrected chi connectivity index (χ3v) is 6.30. The maximum atomic E-state index is 14.1. The third-order valence-electron chi connectivity index (χ3n) is 6.30. The second-order valence-corrected chi connectivity index (χ2v) is 7.48. The molecule has 138 valence electrons. The van der Waals surface area contributed by atoms with Gasteiger partial charge in [-0.2, -0.15) is 0 Å². The molecule has 0 saturated carbocycles. The summed E-state index contributed by atoms with van der Waals surface area (Å²) < 4.78 is 0. The van der Waals surface area contributed by atoms with Crippen LogP contribution in [-0.4, -0.2) is 31.7 Å². The van der Waals surface area contributed by atoms with Crippen LogP contribution < -0.4 is 9.80 Å². The lowest BCUT2D eigenvalue weighted by atomic mass is 9.64. The van der Waals surface area contributed by atoms with Gasteiger partial charge in [-0.25, -0.2) is 0 Å². The topological polar surface area (TPSA) is 57.7 Å². The Morgan fingerprint density at radius 3 is 1.93 bits per heavy atom. The van der Waals surface area contributed by atoms with Crippen LogP contribution in [0.15, 0.2) is 48.5 Å². The molecule has 0 saturated heterocycles. The molecule has 0 spiro atoms. The van der Waals surface area contributed by atoms with Gasteiger partial charge in [0.15, 0.2) is 5.78 Å². The molecule has 2 atom stereocenters. The highest BCUT2D eigenvalue weighted by molar-refractivity contribution is 6.32. The first-order valence-corrected chi connectivity index (χ1v) is 9.12. The quantitative estimate of drug-likeness (QED) is 0.789.